The summed E-state index contributed by atoms with van der Waals surface area (Å²) in [4.78, 5) is 19.3. The van der Waals surface area contributed by atoms with Gasteiger partial charge >= 0.3 is 0 Å². The van der Waals surface area contributed by atoms with Gasteiger partial charge in [0.1, 0.15) is 5.82 Å². The number of H-pyrrole nitrogens is 1. The summed E-state index contributed by atoms with van der Waals surface area (Å²) in [7, 11) is 0. The number of aryl methyl sites for hydroxylation is 1. The van der Waals surface area contributed by atoms with Crippen LogP contribution in [0, 0.1) is 3.57 Å². The van der Waals surface area contributed by atoms with Crippen molar-refractivity contribution in [1.29, 1.82) is 0 Å². The highest BCUT2D eigenvalue weighted by Gasteiger charge is 2.10. The molecule has 5 nitrogen and oxygen atoms in total. The van der Waals surface area contributed by atoms with Gasteiger partial charge in [0, 0.05) is 6.20 Å². The van der Waals surface area contributed by atoms with Gasteiger partial charge in [-0.1, -0.05) is 25.1 Å². The van der Waals surface area contributed by atoms with Crippen LogP contribution in [0.25, 0.3) is 17.1 Å². The highest BCUT2D eigenvalue weighted by atomic mass is 127. The summed E-state index contributed by atoms with van der Waals surface area (Å²) < 4.78 is 2.41. The third kappa shape index (κ3) is 2.76. The molecule has 21 heavy (non-hydrogen) atoms. The average molecular weight is 392 g/mol. The van der Waals surface area contributed by atoms with E-state index in [0.29, 0.717) is 9.39 Å². The van der Waals surface area contributed by atoms with E-state index >= 15 is 0 Å². The van der Waals surface area contributed by atoms with Gasteiger partial charge in [0.05, 0.1) is 26.7 Å². The molecule has 0 amide bonds. The maximum Gasteiger partial charge on any atom is 0.264 e. The second kappa shape index (κ2) is 5.80. The minimum absolute atomic E-state index is 0.107. The Labute approximate surface area is 135 Å². The van der Waals surface area contributed by atoms with E-state index in [-0.39, 0.29) is 5.56 Å². The van der Waals surface area contributed by atoms with Crippen LogP contribution in [-0.4, -0.2) is 19.7 Å². The summed E-state index contributed by atoms with van der Waals surface area (Å²) in [5, 5.41) is 4.32. The van der Waals surface area contributed by atoms with Gasteiger partial charge in [0.15, 0.2) is 0 Å². The highest BCUT2D eigenvalue weighted by Crippen LogP contribution is 2.17. The lowest BCUT2D eigenvalue weighted by molar-refractivity contribution is 0.880. The fourth-order valence-electron chi connectivity index (χ4n) is 2.04. The van der Waals surface area contributed by atoms with Crippen molar-refractivity contribution in [1.82, 2.24) is 19.7 Å². The van der Waals surface area contributed by atoms with Crippen LogP contribution in [0.3, 0.4) is 0 Å². The number of hydrogen-bond donors (Lipinski definition) is 1. The van der Waals surface area contributed by atoms with E-state index in [4.69, 9.17) is 0 Å². The van der Waals surface area contributed by atoms with E-state index in [2.05, 4.69) is 15.1 Å². The van der Waals surface area contributed by atoms with Crippen molar-refractivity contribution >= 4 is 22.6 Å². The summed E-state index contributed by atoms with van der Waals surface area (Å²) >= 11 is 2.03. The minimum Gasteiger partial charge on any atom is -0.306 e. The molecule has 106 valence electrons. The molecule has 1 aromatic carbocycles. The standard InChI is InChI=1S/C15H13IN4O/c1-2-12-13(16)15(21)19-14(18-12)10-8-17-20(9-10)11-6-4-3-5-7-11/h3-9H,2H2,1H3,(H,18,19,21). The predicted octanol–water partition coefficient (Wildman–Crippen LogP) is 2.79. The molecular weight excluding hydrogens is 379 g/mol. The Kier molecular flexibility index (Phi) is 3.87. The van der Waals surface area contributed by atoms with Crippen molar-refractivity contribution in [2.75, 3.05) is 0 Å². The van der Waals surface area contributed by atoms with Crippen molar-refractivity contribution in [3.63, 3.8) is 0 Å². The van der Waals surface area contributed by atoms with Crippen molar-refractivity contribution in [3.8, 4) is 17.1 Å². The quantitative estimate of drug-likeness (QED) is 0.698. The third-order valence-electron chi connectivity index (χ3n) is 3.14. The van der Waals surface area contributed by atoms with Gasteiger partial charge in [-0.25, -0.2) is 9.67 Å². The van der Waals surface area contributed by atoms with Gasteiger partial charge in [0.2, 0.25) is 0 Å². The molecule has 0 radical (unpaired) electrons. The van der Waals surface area contributed by atoms with Gasteiger partial charge in [-0.15, -0.1) is 0 Å². The molecule has 0 saturated carbocycles. The van der Waals surface area contributed by atoms with Crippen LogP contribution in [0.4, 0.5) is 0 Å². The highest BCUT2D eigenvalue weighted by molar-refractivity contribution is 14.1. The first-order valence-corrected chi connectivity index (χ1v) is 7.66. The van der Waals surface area contributed by atoms with Gasteiger partial charge in [-0.05, 0) is 41.1 Å². The molecular formula is C15H13IN4O. The van der Waals surface area contributed by atoms with Crippen LogP contribution in [-0.2, 0) is 6.42 Å². The van der Waals surface area contributed by atoms with Gasteiger partial charge < -0.3 is 4.98 Å². The lowest BCUT2D eigenvalue weighted by Gasteiger charge is -2.03. The zero-order chi connectivity index (χ0) is 14.8. The van der Waals surface area contributed by atoms with E-state index in [1.165, 1.54) is 0 Å². The van der Waals surface area contributed by atoms with Crippen molar-refractivity contribution < 1.29 is 0 Å². The predicted molar refractivity (Wildman–Crippen MR) is 89.5 cm³/mol. The van der Waals surface area contributed by atoms with E-state index in [0.717, 1.165) is 23.4 Å². The number of nitrogens with one attached hydrogen (secondary N) is 1. The average Bonchev–Trinajstić information content (AvgIpc) is 3.00. The molecule has 0 aliphatic carbocycles. The Hall–Kier alpha value is -1.96. The Morgan fingerprint density at radius 2 is 2.05 bits per heavy atom. The molecule has 2 aromatic heterocycles. The smallest absolute Gasteiger partial charge is 0.264 e. The summed E-state index contributed by atoms with van der Waals surface area (Å²) in [5.41, 5.74) is 2.46. The second-order valence-corrected chi connectivity index (χ2v) is 5.62. The molecule has 0 saturated heterocycles. The number of halogens is 1. The summed E-state index contributed by atoms with van der Waals surface area (Å²) in [6.45, 7) is 1.99. The topological polar surface area (TPSA) is 63.6 Å². The number of rotatable bonds is 3. The first kappa shape index (κ1) is 14.0. The molecule has 0 aliphatic heterocycles. The Morgan fingerprint density at radius 1 is 1.29 bits per heavy atom. The minimum atomic E-state index is -0.107. The number of nitrogens with zero attached hydrogens (tertiary/aromatic N) is 3. The fraction of sp³-hybridized carbons (Fsp3) is 0.133. The first-order chi connectivity index (χ1) is 10.2. The Bertz CT molecular complexity index is 823. The van der Waals surface area contributed by atoms with Crippen LogP contribution in [0.2, 0.25) is 0 Å². The molecule has 0 bridgehead atoms. The van der Waals surface area contributed by atoms with Gasteiger partial charge in [0.25, 0.3) is 5.56 Å². The maximum atomic E-state index is 11.9. The molecule has 6 heteroatoms. The normalized spacial score (nSPS) is 10.8. The van der Waals surface area contributed by atoms with Crippen LogP contribution >= 0.6 is 22.6 Å². The molecule has 2 heterocycles. The monoisotopic (exact) mass is 392 g/mol. The van der Waals surface area contributed by atoms with Crippen LogP contribution in [0.15, 0.2) is 47.5 Å². The lowest BCUT2D eigenvalue weighted by atomic mass is 10.3. The zero-order valence-corrected chi connectivity index (χ0v) is 13.5. The number of aromatic amines is 1. The lowest BCUT2D eigenvalue weighted by Crippen LogP contribution is -2.15. The van der Waals surface area contributed by atoms with E-state index in [1.807, 2.05) is 66.0 Å². The third-order valence-corrected chi connectivity index (χ3v) is 4.26. The van der Waals surface area contributed by atoms with Crippen molar-refractivity contribution in [3.05, 3.63) is 62.3 Å². The Morgan fingerprint density at radius 3 is 2.76 bits per heavy atom. The molecule has 0 fully saturated rings. The zero-order valence-electron chi connectivity index (χ0n) is 11.4. The largest absolute Gasteiger partial charge is 0.306 e. The van der Waals surface area contributed by atoms with Gasteiger partial charge in [-0.2, -0.15) is 5.10 Å². The Balaban J connectivity index is 2.05. The van der Waals surface area contributed by atoms with E-state index in [1.54, 1.807) is 10.9 Å². The van der Waals surface area contributed by atoms with Crippen LogP contribution < -0.4 is 5.56 Å². The number of benzene rings is 1. The summed E-state index contributed by atoms with van der Waals surface area (Å²) in [6.07, 6.45) is 4.29. The van der Waals surface area contributed by atoms with E-state index < -0.39 is 0 Å². The van der Waals surface area contributed by atoms with Gasteiger partial charge in [-0.3, -0.25) is 4.79 Å². The molecule has 0 spiro atoms. The van der Waals surface area contributed by atoms with Crippen LogP contribution in [0.5, 0.6) is 0 Å². The van der Waals surface area contributed by atoms with E-state index in [9.17, 15) is 4.79 Å². The summed E-state index contributed by atoms with van der Waals surface area (Å²) in [6, 6.07) is 9.81. The molecule has 0 unspecified atom stereocenters. The molecule has 1 N–H and O–H groups in total. The summed E-state index contributed by atoms with van der Waals surface area (Å²) in [5.74, 6) is 0.555. The fourth-order valence-corrected chi connectivity index (χ4v) is 2.68. The number of aromatic nitrogens is 4. The molecule has 0 atom stereocenters. The SMILES string of the molecule is CCc1nc(-c2cnn(-c3ccccc3)c2)[nH]c(=O)c1I. The van der Waals surface area contributed by atoms with Crippen molar-refractivity contribution in [2.45, 2.75) is 13.3 Å². The second-order valence-electron chi connectivity index (χ2n) is 4.54. The van der Waals surface area contributed by atoms with Crippen molar-refractivity contribution in [2.24, 2.45) is 0 Å². The molecule has 0 aliphatic rings. The first-order valence-electron chi connectivity index (χ1n) is 6.58. The maximum absolute atomic E-state index is 11.9. The molecule has 3 rings (SSSR count). The van der Waals surface area contributed by atoms with Crippen LogP contribution in [0.1, 0.15) is 12.6 Å². The number of para-hydroxylation sites is 1. The molecule has 3 aromatic rings. The number of hydrogen-bond acceptors (Lipinski definition) is 3.